The Kier molecular flexibility index (Phi) is 7.12. The molecule has 206 valence electrons. The Morgan fingerprint density at radius 3 is 2.69 bits per heavy atom. The summed E-state index contributed by atoms with van der Waals surface area (Å²) in [5.41, 5.74) is 6.47. The molecule has 0 spiro atoms. The number of benzene rings is 1. The van der Waals surface area contributed by atoms with E-state index in [4.69, 9.17) is 10.5 Å². The molecule has 0 saturated carbocycles. The zero-order chi connectivity index (χ0) is 27.1. The number of nitrogens with two attached hydrogens (primary N) is 1. The molecule has 6 heterocycles. The van der Waals surface area contributed by atoms with E-state index in [-0.39, 0.29) is 32.6 Å². The minimum atomic E-state index is -0.649. The summed E-state index contributed by atoms with van der Waals surface area (Å²) < 4.78 is 47.9. The summed E-state index contributed by atoms with van der Waals surface area (Å²) in [6.07, 6.45) is 4.35. The molecule has 3 N–H and O–H groups in total. The molecule has 3 aliphatic rings. The highest BCUT2D eigenvalue weighted by molar-refractivity contribution is 7.22. The van der Waals surface area contributed by atoms with Gasteiger partial charge in [0.1, 0.15) is 29.0 Å². The van der Waals surface area contributed by atoms with Crippen molar-refractivity contribution in [3.63, 3.8) is 0 Å². The second-order valence-electron chi connectivity index (χ2n) is 9.90. The number of hydrogen-bond donors (Lipinski definition) is 2. The molecule has 3 saturated heterocycles. The molecule has 1 aromatic carbocycles. The number of anilines is 2. The molecule has 4 aromatic rings. The molecule has 2 unspecified atom stereocenters. The van der Waals surface area contributed by atoms with Crippen LogP contribution in [0.3, 0.4) is 0 Å². The minimum Gasteiger partial charge on any atom is -0.467 e. The summed E-state index contributed by atoms with van der Waals surface area (Å²) in [5, 5.41) is 3.95. The number of nitrogens with one attached hydrogen (secondary N) is 1. The number of methoxy groups -OCH3 is 1. The SMILES string of the molecule is COc1nc(N2CCNCC2)c2cnc(-c3ccc(F)c4sc(N)nc34)c(F)c2n1.FC1CC2CCCN2C1. The second kappa shape index (κ2) is 10.7. The van der Waals surface area contributed by atoms with Gasteiger partial charge in [-0.05, 0) is 37.9 Å². The maximum absolute atomic E-state index is 15.7. The number of nitrogen functional groups attached to an aromatic ring is 1. The van der Waals surface area contributed by atoms with Crippen molar-refractivity contribution in [1.29, 1.82) is 0 Å². The normalized spacial score (nSPS) is 21.3. The lowest BCUT2D eigenvalue weighted by molar-refractivity contribution is 0.292. The van der Waals surface area contributed by atoms with Crippen LogP contribution in [0.4, 0.5) is 24.1 Å². The van der Waals surface area contributed by atoms with Crippen molar-refractivity contribution in [3.05, 3.63) is 30.0 Å². The molecular weight excluding hydrogens is 529 g/mol. The van der Waals surface area contributed by atoms with Crippen molar-refractivity contribution in [3.8, 4) is 17.3 Å². The number of piperazine rings is 1. The Balaban J connectivity index is 0.000000258. The maximum atomic E-state index is 15.7. The van der Waals surface area contributed by atoms with Gasteiger partial charge in [0.2, 0.25) is 0 Å². The third kappa shape index (κ3) is 4.94. The van der Waals surface area contributed by atoms with Gasteiger partial charge in [-0.1, -0.05) is 11.3 Å². The Bertz CT molecular complexity index is 1500. The van der Waals surface area contributed by atoms with Gasteiger partial charge < -0.3 is 20.7 Å². The number of hydrogen-bond acceptors (Lipinski definition) is 10. The lowest BCUT2D eigenvalue weighted by Crippen LogP contribution is -2.44. The van der Waals surface area contributed by atoms with Crippen LogP contribution in [0.15, 0.2) is 18.3 Å². The van der Waals surface area contributed by atoms with Crippen LogP contribution in [0.25, 0.3) is 32.4 Å². The lowest BCUT2D eigenvalue weighted by Gasteiger charge is -2.29. The van der Waals surface area contributed by atoms with E-state index in [2.05, 4.69) is 30.2 Å². The van der Waals surface area contributed by atoms with Gasteiger partial charge in [0.15, 0.2) is 10.9 Å². The number of halogens is 3. The van der Waals surface area contributed by atoms with Gasteiger partial charge in [0.05, 0.1) is 22.7 Å². The van der Waals surface area contributed by atoms with E-state index in [1.54, 1.807) is 0 Å². The fraction of sp³-hybridized carbons (Fsp3) is 0.462. The fourth-order valence-corrected chi connectivity index (χ4v) is 6.39. The van der Waals surface area contributed by atoms with Gasteiger partial charge in [-0.3, -0.25) is 9.88 Å². The van der Waals surface area contributed by atoms with Crippen molar-refractivity contribution in [2.24, 2.45) is 0 Å². The van der Waals surface area contributed by atoms with Crippen LogP contribution in [-0.2, 0) is 0 Å². The summed E-state index contributed by atoms with van der Waals surface area (Å²) in [5.74, 6) is -0.545. The van der Waals surface area contributed by atoms with E-state index in [9.17, 15) is 8.78 Å². The Hall–Kier alpha value is -3.29. The zero-order valence-corrected chi connectivity index (χ0v) is 22.3. The first-order valence-corrected chi connectivity index (χ1v) is 13.8. The van der Waals surface area contributed by atoms with E-state index in [1.165, 1.54) is 38.3 Å². The van der Waals surface area contributed by atoms with Crippen LogP contribution in [-0.4, -0.2) is 83.4 Å². The Morgan fingerprint density at radius 2 is 1.92 bits per heavy atom. The molecule has 3 aromatic heterocycles. The predicted molar refractivity (Wildman–Crippen MR) is 146 cm³/mol. The number of nitrogens with zero attached hydrogens (tertiary/aromatic N) is 6. The molecule has 0 bridgehead atoms. The van der Waals surface area contributed by atoms with Crippen molar-refractivity contribution in [1.82, 2.24) is 30.2 Å². The second-order valence-corrected chi connectivity index (χ2v) is 10.9. The molecule has 3 aliphatic heterocycles. The standard InChI is InChI=1S/C19H17F2N7OS.C7H12FN/c1-29-19-26-14-10(17(27-19)28-6-4-23-5-7-28)8-24-13(12(14)21)9-2-3-11(20)16-15(9)25-18(22)30-16;8-6-4-7-2-1-3-9(7)5-6/h2-3,8,23H,4-7H2,1H3,(H2,22,25);6-7H,1-5H2. The molecule has 2 atom stereocenters. The van der Waals surface area contributed by atoms with E-state index < -0.39 is 17.8 Å². The van der Waals surface area contributed by atoms with Crippen molar-refractivity contribution in [2.75, 3.05) is 57.0 Å². The number of rotatable bonds is 3. The summed E-state index contributed by atoms with van der Waals surface area (Å²) in [6.45, 7) is 4.88. The van der Waals surface area contributed by atoms with Gasteiger partial charge in [-0.15, -0.1) is 0 Å². The average molecular weight is 559 g/mol. The Labute approximate surface area is 227 Å². The summed E-state index contributed by atoms with van der Waals surface area (Å²) >= 11 is 1.01. The molecule has 13 heteroatoms. The third-order valence-corrected chi connectivity index (χ3v) is 8.36. The molecule has 0 radical (unpaired) electrons. The Morgan fingerprint density at radius 1 is 1.10 bits per heavy atom. The van der Waals surface area contributed by atoms with Gasteiger partial charge in [0.25, 0.3) is 0 Å². The highest BCUT2D eigenvalue weighted by atomic mass is 32.1. The highest BCUT2D eigenvalue weighted by Gasteiger charge is 2.34. The topological polar surface area (TPSA) is 105 Å². The quantitative estimate of drug-likeness (QED) is 0.389. The number of thiazole rings is 1. The number of aromatic nitrogens is 4. The van der Waals surface area contributed by atoms with E-state index in [0.29, 0.717) is 29.4 Å². The van der Waals surface area contributed by atoms with Crippen LogP contribution in [0.5, 0.6) is 6.01 Å². The van der Waals surface area contributed by atoms with Crippen LogP contribution in [0.1, 0.15) is 19.3 Å². The van der Waals surface area contributed by atoms with Crippen molar-refractivity contribution >= 4 is 43.4 Å². The fourth-order valence-electron chi connectivity index (χ4n) is 5.63. The van der Waals surface area contributed by atoms with Crippen molar-refractivity contribution < 1.29 is 17.9 Å². The average Bonchev–Trinajstić information content (AvgIpc) is 3.65. The van der Waals surface area contributed by atoms with Crippen LogP contribution in [0, 0.1) is 11.6 Å². The molecular formula is C26H29F3N8OS. The summed E-state index contributed by atoms with van der Waals surface area (Å²) in [7, 11) is 1.43. The molecule has 9 nitrogen and oxygen atoms in total. The molecule has 7 rings (SSSR count). The van der Waals surface area contributed by atoms with Gasteiger partial charge in [-0.25, -0.2) is 18.2 Å². The van der Waals surface area contributed by atoms with Gasteiger partial charge >= 0.3 is 6.01 Å². The monoisotopic (exact) mass is 558 g/mol. The molecule has 3 fully saturated rings. The third-order valence-electron chi connectivity index (χ3n) is 7.47. The zero-order valence-electron chi connectivity index (χ0n) is 21.5. The largest absolute Gasteiger partial charge is 0.467 e. The molecule has 0 aliphatic carbocycles. The van der Waals surface area contributed by atoms with E-state index in [1.807, 2.05) is 4.90 Å². The number of pyridine rings is 1. The summed E-state index contributed by atoms with van der Waals surface area (Å²) in [4.78, 5) is 21.5. The van der Waals surface area contributed by atoms with E-state index in [0.717, 1.165) is 50.5 Å². The molecule has 0 amide bonds. The number of fused-ring (bicyclic) bond motifs is 3. The minimum absolute atomic E-state index is 0.0183. The van der Waals surface area contributed by atoms with Crippen LogP contribution < -0.4 is 20.7 Å². The van der Waals surface area contributed by atoms with Gasteiger partial charge in [-0.2, -0.15) is 9.97 Å². The number of ether oxygens (including phenoxy) is 1. The summed E-state index contributed by atoms with van der Waals surface area (Å²) in [6, 6.07) is 3.38. The number of alkyl halides is 1. The van der Waals surface area contributed by atoms with Gasteiger partial charge in [0, 0.05) is 50.5 Å². The maximum Gasteiger partial charge on any atom is 0.318 e. The van der Waals surface area contributed by atoms with E-state index >= 15 is 4.39 Å². The molecule has 39 heavy (non-hydrogen) atoms. The highest BCUT2D eigenvalue weighted by Crippen LogP contribution is 2.37. The smallest absolute Gasteiger partial charge is 0.318 e. The first-order valence-electron chi connectivity index (χ1n) is 13.0. The lowest BCUT2D eigenvalue weighted by atomic mass is 10.1. The first kappa shape index (κ1) is 26.0. The van der Waals surface area contributed by atoms with Crippen LogP contribution >= 0.6 is 11.3 Å². The first-order chi connectivity index (χ1) is 18.9. The van der Waals surface area contributed by atoms with Crippen molar-refractivity contribution in [2.45, 2.75) is 31.5 Å². The van der Waals surface area contributed by atoms with Crippen LogP contribution in [0.2, 0.25) is 0 Å². The predicted octanol–water partition coefficient (Wildman–Crippen LogP) is 3.77.